The van der Waals surface area contributed by atoms with Gasteiger partial charge in [-0.3, -0.25) is 4.55 Å². The van der Waals surface area contributed by atoms with Crippen molar-refractivity contribution in [2.24, 2.45) is 0 Å². The number of benzene rings is 4. The van der Waals surface area contributed by atoms with Crippen molar-refractivity contribution in [1.29, 1.82) is 0 Å². The SMILES string of the molecule is C=CCOc1ccc2ccccc2c1CNCCCCCCNCc1c(OCC=C)ccc2ccccc12.CS(=O)(=O)O. The van der Waals surface area contributed by atoms with Crippen molar-refractivity contribution >= 4 is 31.7 Å². The highest BCUT2D eigenvalue weighted by Gasteiger charge is 2.10. The van der Waals surface area contributed by atoms with Crippen LogP contribution in [0.5, 0.6) is 11.5 Å². The maximum absolute atomic E-state index is 9.19. The van der Waals surface area contributed by atoms with Gasteiger partial charge in [0.05, 0.1) is 6.26 Å². The quantitative estimate of drug-likeness (QED) is 0.0674. The average Bonchev–Trinajstić information content (AvgIpc) is 2.99. The molecule has 0 unspecified atom stereocenters. The lowest BCUT2D eigenvalue weighted by atomic mass is 10.0. The zero-order chi connectivity index (χ0) is 30.9. The fourth-order valence-corrected chi connectivity index (χ4v) is 4.84. The van der Waals surface area contributed by atoms with Crippen LogP contribution in [0.2, 0.25) is 0 Å². The molecule has 4 aromatic rings. The number of ether oxygens (including phenoxy) is 2. The van der Waals surface area contributed by atoms with E-state index in [2.05, 4.69) is 96.6 Å². The molecule has 0 aliphatic heterocycles. The summed E-state index contributed by atoms with van der Waals surface area (Å²) in [6.45, 7) is 12.2. The van der Waals surface area contributed by atoms with Crippen LogP contribution in [0.4, 0.5) is 0 Å². The summed E-state index contributed by atoms with van der Waals surface area (Å²) in [4.78, 5) is 0. The summed E-state index contributed by atoms with van der Waals surface area (Å²) < 4.78 is 37.7. The molecule has 0 saturated carbocycles. The Bertz CT molecular complexity index is 1460. The summed E-state index contributed by atoms with van der Waals surface area (Å²) in [6.07, 6.45) is 9.05. The number of hydrogen-bond acceptors (Lipinski definition) is 6. The van der Waals surface area contributed by atoms with E-state index in [1.807, 2.05) is 0 Å². The van der Waals surface area contributed by atoms with Crippen molar-refractivity contribution in [3.8, 4) is 11.5 Å². The van der Waals surface area contributed by atoms with E-state index < -0.39 is 10.1 Å². The largest absolute Gasteiger partial charge is 0.489 e. The third-order valence-corrected chi connectivity index (χ3v) is 6.77. The second-order valence-corrected chi connectivity index (χ2v) is 11.7. The maximum Gasteiger partial charge on any atom is 0.261 e. The molecule has 0 spiro atoms. The van der Waals surface area contributed by atoms with Gasteiger partial charge in [-0.1, -0.05) is 98.8 Å². The van der Waals surface area contributed by atoms with Gasteiger partial charge in [0.15, 0.2) is 0 Å². The lowest BCUT2D eigenvalue weighted by Gasteiger charge is -2.15. The van der Waals surface area contributed by atoms with Gasteiger partial charge in [0.2, 0.25) is 0 Å². The molecule has 0 amide bonds. The molecule has 0 saturated heterocycles. The Labute approximate surface area is 256 Å². The minimum atomic E-state index is -3.67. The second kappa shape index (κ2) is 18.1. The molecule has 0 aromatic heterocycles. The van der Waals surface area contributed by atoms with Gasteiger partial charge >= 0.3 is 0 Å². The first-order valence-electron chi connectivity index (χ1n) is 14.6. The third kappa shape index (κ3) is 11.8. The molecule has 4 rings (SSSR count). The van der Waals surface area contributed by atoms with Crippen LogP contribution >= 0.6 is 0 Å². The Morgan fingerprint density at radius 3 is 1.47 bits per heavy atom. The Balaban J connectivity index is 0.000000934. The smallest absolute Gasteiger partial charge is 0.261 e. The Kier molecular flexibility index (Phi) is 14.2. The fraction of sp³-hybridized carbons (Fsp3) is 0.314. The van der Waals surface area contributed by atoms with Gasteiger partial charge in [0.25, 0.3) is 10.1 Å². The summed E-state index contributed by atoms with van der Waals surface area (Å²) in [5.41, 5.74) is 2.44. The number of nitrogens with one attached hydrogen (secondary N) is 2. The summed E-state index contributed by atoms with van der Waals surface area (Å²) in [7, 11) is -3.67. The minimum absolute atomic E-state index is 0.517. The van der Waals surface area contributed by atoms with Crippen LogP contribution in [0.25, 0.3) is 21.5 Å². The molecule has 8 heteroatoms. The van der Waals surface area contributed by atoms with Crippen LogP contribution in [0, 0.1) is 0 Å². The first kappa shape index (κ1) is 33.8. The van der Waals surface area contributed by atoms with Crippen LogP contribution < -0.4 is 20.1 Å². The molecule has 0 fully saturated rings. The zero-order valence-corrected chi connectivity index (χ0v) is 25.9. The van der Waals surface area contributed by atoms with Gasteiger partial charge in [0.1, 0.15) is 24.7 Å². The molecule has 230 valence electrons. The van der Waals surface area contributed by atoms with E-state index in [9.17, 15) is 8.42 Å². The van der Waals surface area contributed by atoms with Crippen LogP contribution in [0.1, 0.15) is 36.8 Å². The van der Waals surface area contributed by atoms with E-state index in [-0.39, 0.29) is 0 Å². The topological polar surface area (TPSA) is 96.9 Å². The number of rotatable bonds is 17. The highest BCUT2D eigenvalue weighted by molar-refractivity contribution is 7.85. The fourth-order valence-electron chi connectivity index (χ4n) is 4.84. The van der Waals surface area contributed by atoms with Gasteiger partial charge in [-0.15, -0.1) is 0 Å². The monoisotopic (exact) mass is 604 g/mol. The van der Waals surface area contributed by atoms with Crippen LogP contribution in [0.3, 0.4) is 0 Å². The van der Waals surface area contributed by atoms with Gasteiger partial charge < -0.3 is 20.1 Å². The predicted octanol–water partition coefficient (Wildman–Crippen LogP) is 7.07. The molecule has 0 radical (unpaired) electrons. The van der Waals surface area contributed by atoms with Gasteiger partial charge in [-0.2, -0.15) is 8.42 Å². The molecule has 43 heavy (non-hydrogen) atoms. The first-order valence-corrected chi connectivity index (χ1v) is 16.5. The molecule has 0 aliphatic rings. The number of hydrogen-bond donors (Lipinski definition) is 3. The normalized spacial score (nSPS) is 11.1. The summed E-state index contributed by atoms with van der Waals surface area (Å²) >= 11 is 0. The highest BCUT2D eigenvalue weighted by atomic mass is 32.2. The molecule has 0 aliphatic carbocycles. The first-order chi connectivity index (χ1) is 20.8. The number of fused-ring (bicyclic) bond motifs is 2. The van der Waals surface area contributed by atoms with E-state index >= 15 is 0 Å². The van der Waals surface area contributed by atoms with Crippen molar-refractivity contribution in [3.63, 3.8) is 0 Å². The molecule has 0 heterocycles. The Morgan fingerprint density at radius 1 is 0.674 bits per heavy atom. The average molecular weight is 605 g/mol. The number of unbranched alkanes of at least 4 members (excludes halogenated alkanes) is 3. The van der Waals surface area contributed by atoms with Crippen molar-refractivity contribution in [2.75, 3.05) is 32.6 Å². The summed E-state index contributed by atoms with van der Waals surface area (Å²) in [5, 5.41) is 12.2. The third-order valence-electron chi connectivity index (χ3n) is 6.77. The zero-order valence-electron chi connectivity index (χ0n) is 25.1. The Hall–Kier alpha value is -3.69. The molecule has 7 nitrogen and oxygen atoms in total. The van der Waals surface area contributed by atoms with E-state index in [4.69, 9.17) is 14.0 Å². The second-order valence-electron chi connectivity index (χ2n) is 10.2. The highest BCUT2D eigenvalue weighted by Crippen LogP contribution is 2.29. The molecular formula is C35H44N2O5S. The lowest BCUT2D eigenvalue weighted by Crippen LogP contribution is -2.17. The van der Waals surface area contributed by atoms with E-state index in [1.165, 1.54) is 45.5 Å². The molecular weight excluding hydrogens is 560 g/mol. The predicted molar refractivity (Wildman–Crippen MR) is 179 cm³/mol. The van der Waals surface area contributed by atoms with Crippen LogP contribution in [-0.2, 0) is 23.2 Å². The Morgan fingerprint density at radius 2 is 1.07 bits per heavy atom. The summed E-state index contributed by atoms with van der Waals surface area (Å²) in [6, 6.07) is 25.4. The van der Waals surface area contributed by atoms with Crippen molar-refractivity contribution in [2.45, 2.75) is 38.8 Å². The van der Waals surface area contributed by atoms with Crippen LogP contribution in [-0.4, -0.2) is 45.5 Å². The van der Waals surface area contributed by atoms with E-state index in [1.54, 1.807) is 12.2 Å². The van der Waals surface area contributed by atoms with E-state index in [0.717, 1.165) is 50.5 Å². The maximum atomic E-state index is 9.19. The van der Waals surface area contributed by atoms with Gasteiger partial charge in [-0.05, 0) is 59.6 Å². The van der Waals surface area contributed by atoms with Gasteiger partial charge in [-0.25, -0.2) is 0 Å². The standard InChI is InChI=1S/C34H40N2O2.CH4O3S/c1-3-23-37-33-19-17-27-13-7-9-15-29(27)31(33)25-35-21-11-5-6-12-22-36-26-32-30-16-10-8-14-28(30)18-20-34(32)38-24-4-2;1-5(2,3)4/h3-4,7-10,13-20,35-36H,1-2,5-6,11-12,21-26H2;1H3,(H,2,3,4). The van der Waals surface area contributed by atoms with E-state index in [0.29, 0.717) is 19.5 Å². The van der Waals surface area contributed by atoms with Crippen LogP contribution in [0.15, 0.2) is 98.1 Å². The summed E-state index contributed by atoms with van der Waals surface area (Å²) in [5.74, 6) is 1.87. The van der Waals surface area contributed by atoms with Crippen molar-refractivity contribution < 1.29 is 22.4 Å². The molecule has 0 atom stereocenters. The lowest BCUT2D eigenvalue weighted by molar-refractivity contribution is 0.358. The molecule has 0 bridgehead atoms. The molecule has 3 N–H and O–H groups in total. The van der Waals surface area contributed by atoms with Gasteiger partial charge in [0, 0.05) is 24.2 Å². The van der Waals surface area contributed by atoms with Crippen molar-refractivity contribution in [3.05, 3.63) is 109 Å². The van der Waals surface area contributed by atoms with Crippen molar-refractivity contribution in [1.82, 2.24) is 10.6 Å². The molecule has 4 aromatic carbocycles. The minimum Gasteiger partial charge on any atom is -0.489 e.